The van der Waals surface area contributed by atoms with Gasteiger partial charge in [-0.05, 0) is 44.9 Å². The van der Waals surface area contributed by atoms with Gasteiger partial charge < -0.3 is 5.32 Å². The van der Waals surface area contributed by atoms with E-state index in [-0.39, 0.29) is 0 Å². The van der Waals surface area contributed by atoms with E-state index >= 15 is 0 Å². The number of rotatable bonds is 0. The largest absolute Gasteiger partial charge is 0.311 e. The van der Waals surface area contributed by atoms with Crippen LogP contribution in [0.1, 0.15) is 116 Å². The van der Waals surface area contributed by atoms with Crippen molar-refractivity contribution in [2.75, 3.05) is 0 Å². The second kappa shape index (κ2) is 11.1. The van der Waals surface area contributed by atoms with E-state index < -0.39 is 0 Å². The van der Waals surface area contributed by atoms with Crippen LogP contribution in [0, 0.1) is 0 Å². The lowest BCUT2D eigenvalue weighted by Gasteiger charge is -2.27. The second-order valence-corrected chi connectivity index (χ2v) is 10.4. The van der Waals surface area contributed by atoms with Gasteiger partial charge in [-0.15, -0.1) is 0 Å². The maximum atomic E-state index is 4.17. The van der Waals surface area contributed by atoms with Gasteiger partial charge in [-0.3, -0.25) is 0 Å². The van der Waals surface area contributed by atoms with Crippen molar-refractivity contribution in [1.29, 1.82) is 0 Å². The Morgan fingerprint density at radius 1 is 0.458 bits per heavy atom. The van der Waals surface area contributed by atoms with Crippen LogP contribution < -0.4 is 5.32 Å². The average molecular weight is 352 g/mol. The zero-order valence-electron chi connectivity index (χ0n) is 15.9. The van der Waals surface area contributed by atoms with Gasteiger partial charge >= 0.3 is 0 Å². The molecule has 0 amide bonds. The SMILES string of the molecule is C1CCCCC2CC(CCC1)NC1CCCCCCCC(CC1)S2. The normalized spacial score (nSPS) is 38.0. The topological polar surface area (TPSA) is 12.0 Å². The highest BCUT2D eigenvalue weighted by molar-refractivity contribution is 8.00. The summed E-state index contributed by atoms with van der Waals surface area (Å²) in [5.74, 6) is 0. The summed E-state index contributed by atoms with van der Waals surface area (Å²) in [4.78, 5) is 0. The molecule has 0 aromatic carbocycles. The number of hydrogen-bond donors (Lipinski definition) is 1. The molecule has 3 aliphatic rings. The lowest BCUT2D eigenvalue weighted by Crippen LogP contribution is -2.39. The minimum Gasteiger partial charge on any atom is -0.311 e. The van der Waals surface area contributed by atoms with Gasteiger partial charge in [-0.1, -0.05) is 70.6 Å². The molecule has 1 N–H and O–H groups in total. The molecule has 140 valence electrons. The fourth-order valence-electron chi connectivity index (χ4n) is 5.17. The third-order valence-corrected chi connectivity index (χ3v) is 8.32. The van der Waals surface area contributed by atoms with Crippen LogP contribution in [0.25, 0.3) is 0 Å². The van der Waals surface area contributed by atoms with E-state index in [1.165, 1.54) is 116 Å². The highest BCUT2D eigenvalue weighted by Crippen LogP contribution is 2.35. The number of nitrogens with one attached hydrogen (secondary N) is 1. The summed E-state index contributed by atoms with van der Waals surface area (Å²) in [5, 5.41) is 6.07. The lowest BCUT2D eigenvalue weighted by molar-refractivity contribution is 0.342. The van der Waals surface area contributed by atoms with Crippen molar-refractivity contribution in [2.24, 2.45) is 0 Å². The minimum atomic E-state index is 0.812. The predicted octanol–water partition coefficient (Wildman–Crippen LogP) is 6.85. The Balaban J connectivity index is 1.68. The van der Waals surface area contributed by atoms with Crippen LogP contribution in [0.15, 0.2) is 0 Å². The first-order valence-electron chi connectivity index (χ1n) is 11.3. The quantitative estimate of drug-likeness (QED) is 0.512. The van der Waals surface area contributed by atoms with Crippen molar-refractivity contribution in [3.8, 4) is 0 Å². The van der Waals surface area contributed by atoms with Gasteiger partial charge in [0.1, 0.15) is 0 Å². The van der Waals surface area contributed by atoms with Crippen LogP contribution in [-0.4, -0.2) is 22.6 Å². The Morgan fingerprint density at radius 2 is 1.00 bits per heavy atom. The first kappa shape index (κ1) is 19.1. The Labute approximate surface area is 155 Å². The molecule has 1 aliphatic heterocycles. The molecular weight excluding hydrogens is 310 g/mol. The van der Waals surface area contributed by atoms with Crippen LogP contribution in [0.5, 0.6) is 0 Å². The van der Waals surface area contributed by atoms with E-state index in [2.05, 4.69) is 17.1 Å². The minimum absolute atomic E-state index is 0.812. The summed E-state index contributed by atoms with van der Waals surface area (Å²) in [5.41, 5.74) is 0. The molecule has 2 aliphatic carbocycles. The third-order valence-electron chi connectivity index (χ3n) is 6.65. The molecule has 2 saturated carbocycles. The molecule has 1 heterocycles. The average Bonchev–Trinajstić information content (AvgIpc) is 2.61. The zero-order chi connectivity index (χ0) is 16.5. The monoisotopic (exact) mass is 351 g/mol. The highest BCUT2D eigenvalue weighted by atomic mass is 32.2. The summed E-state index contributed by atoms with van der Waals surface area (Å²) in [6, 6.07) is 1.63. The molecule has 4 bridgehead atoms. The van der Waals surface area contributed by atoms with Crippen LogP contribution >= 0.6 is 11.8 Å². The number of thioether (sulfide) groups is 1. The van der Waals surface area contributed by atoms with Crippen LogP contribution in [-0.2, 0) is 0 Å². The first-order valence-corrected chi connectivity index (χ1v) is 12.3. The molecule has 0 aromatic rings. The molecule has 3 rings (SSSR count). The first-order chi connectivity index (χ1) is 11.9. The fraction of sp³-hybridized carbons (Fsp3) is 1.00. The number of fused-ring (bicyclic) bond motifs is 5. The van der Waals surface area contributed by atoms with Crippen LogP contribution in [0.2, 0.25) is 0 Å². The van der Waals surface area contributed by atoms with E-state index in [9.17, 15) is 0 Å². The Bertz CT molecular complexity index is 302. The molecule has 3 fully saturated rings. The Hall–Kier alpha value is 0.310. The van der Waals surface area contributed by atoms with E-state index in [1.54, 1.807) is 0 Å². The van der Waals surface area contributed by atoms with Crippen molar-refractivity contribution in [2.45, 2.75) is 138 Å². The maximum Gasteiger partial charge on any atom is 0.00801 e. The van der Waals surface area contributed by atoms with Crippen LogP contribution in [0.3, 0.4) is 0 Å². The lowest BCUT2D eigenvalue weighted by atomic mass is 9.97. The third kappa shape index (κ3) is 6.90. The van der Waals surface area contributed by atoms with Crippen molar-refractivity contribution < 1.29 is 0 Å². The van der Waals surface area contributed by atoms with Gasteiger partial charge in [0, 0.05) is 22.6 Å². The van der Waals surface area contributed by atoms with Crippen molar-refractivity contribution in [3.05, 3.63) is 0 Å². The molecule has 0 radical (unpaired) electrons. The summed E-state index contributed by atoms with van der Waals surface area (Å²) in [6.45, 7) is 0. The van der Waals surface area contributed by atoms with Gasteiger partial charge in [0.05, 0.1) is 0 Å². The van der Waals surface area contributed by atoms with E-state index in [4.69, 9.17) is 0 Å². The molecule has 24 heavy (non-hydrogen) atoms. The molecule has 1 saturated heterocycles. The van der Waals surface area contributed by atoms with E-state index in [0.717, 1.165) is 22.6 Å². The summed E-state index contributed by atoms with van der Waals surface area (Å²) >= 11 is 2.42. The highest BCUT2D eigenvalue weighted by Gasteiger charge is 2.26. The standard InChI is InChI=1S/C22H41NS/c1-2-6-11-15-22-18-20(13-9-4-1)23-19-12-8-5-3-7-10-14-21(24-22)17-16-19/h19-23H,1-18H2. The predicted molar refractivity (Wildman–Crippen MR) is 109 cm³/mol. The second-order valence-electron chi connectivity index (χ2n) is 8.80. The van der Waals surface area contributed by atoms with Gasteiger partial charge in [0.15, 0.2) is 0 Å². The maximum absolute atomic E-state index is 4.17. The summed E-state index contributed by atoms with van der Waals surface area (Å²) in [6.07, 6.45) is 26.5. The molecule has 4 atom stereocenters. The zero-order valence-corrected chi connectivity index (χ0v) is 16.8. The smallest absolute Gasteiger partial charge is 0.00801 e. The molecule has 1 nitrogen and oxygen atoms in total. The van der Waals surface area contributed by atoms with Crippen LogP contribution in [0.4, 0.5) is 0 Å². The molecule has 4 unspecified atom stereocenters. The molecule has 0 spiro atoms. The molecule has 0 aromatic heterocycles. The van der Waals surface area contributed by atoms with Crippen molar-refractivity contribution >= 4 is 11.8 Å². The van der Waals surface area contributed by atoms with Crippen molar-refractivity contribution in [1.82, 2.24) is 5.32 Å². The molecule has 2 heteroatoms. The van der Waals surface area contributed by atoms with Gasteiger partial charge in [-0.25, -0.2) is 0 Å². The Morgan fingerprint density at radius 3 is 1.71 bits per heavy atom. The Kier molecular flexibility index (Phi) is 8.84. The molecular formula is C22H41NS. The van der Waals surface area contributed by atoms with E-state index in [1.807, 2.05) is 0 Å². The van der Waals surface area contributed by atoms with Gasteiger partial charge in [-0.2, -0.15) is 11.8 Å². The summed E-state index contributed by atoms with van der Waals surface area (Å²) in [7, 11) is 0. The van der Waals surface area contributed by atoms with Gasteiger partial charge in [0.25, 0.3) is 0 Å². The van der Waals surface area contributed by atoms with E-state index in [0.29, 0.717) is 0 Å². The van der Waals surface area contributed by atoms with Gasteiger partial charge in [0.2, 0.25) is 0 Å². The van der Waals surface area contributed by atoms with Crippen molar-refractivity contribution in [3.63, 3.8) is 0 Å². The fourth-order valence-corrected chi connectivity index (χ4v) is 6.94. The summed E-state index contributed by atoms with van der Waals surface area (Å²) < 4.78 is 0. The number of hydrogen-bond acceptors (Lipinski definition) is 2.